The molecule has 6 rings (SSSR count). The Morgan fingerprint density at radius 1 is 0.871 bits per heavy atom. The number of nitrogens with zero attached hydrogens (tertiary/aromatic N) is 1. The van der Waals surface area contributed by atoms with E-state index in [9.17, 15) is 4.79 Å². The molecule has 5 heteroatoms. The highest BCUT2D eigenvalue weighted by molar-refractivity contribution is 6.30. The zero-order valence-electron chi connectivity index (χ0n) is 16.7. The predicted molar refractivity (Wildman–Crippen MR) is 116 cm³/mol. The highest BCUT2D eigenvalue weighted by atomic mass is 16.7. The van der Waals surface area contributed by atoms with Gasteiger partial charge in [-0.1, -0.05) is 42.5 Å². The Labute approximate surface area is 178 Å². The van der Waals surface area contributed by atoms with E-state index in [0.717, 1.165) is 16.5 Å². The predicted octanol–water partition coefficient (Wildman–Crippen LogP) is 5.15. The molecule has 150 valence electrons. The van der Waals surface area contributed by atoms with Gasteiger partial charge in [-0.3, -0.25) is 9.78 Å². The molecule has 0 fully saturated rings. The number of hydrogen-bond acceptors (Lipinski definition) is 5. The molecule has 0 saturated heterocycles. The number of hydrogen-bond donors (Lipinski definition) is 0. The molecule has 1 spiro atoms. The van der Waals surface area contributed by atoms with E-state index in [-0.39, 0.29) is 5.78 Å². The van der Waals surface area contributed by atoms with Crippen LogP contribution in [0.4, 0.5) is 0 Å². The highest BCUT2D eigenvalue weighted by Crippen LogP contribution is 2.50. The maximum atomic E-state index is 13.3. The quantitative estimate of drug-likeness (QED) is 0.460. The number of carbonyl (C=O) groups excluding carboxylic acids is 1. The first kappa shape index (κ1) is 17.7. The van der Waals surface area contributed by atoms with E-state index in [1.807, 2.05) is 66.7 Å². The number of Topliss-reactive ketones (excluding diaryl/α,β-unsaturated/α-hetero) is 1. The molecule has 1 aromatic heterocycles. The number of carbonyl (C=O) groups is 1. The lowest BCUT2D eigenvalue weighted by atomic mass is 9.84. The van der Waals surface area contributed by atoms with Gasteiger partial charge in [0.05, 0.1) is 29.3 Å². The summed E-state index contributed by atoms with van der Waals surface area (Å²) in [7, 11) is 1.64. The van der Waals surface area contributed by atoms with Crippen molar-refractivity contribution < 1.29 is 19.0 Å². The maximum absolute atomic E-state index is 13.3. The van der Waals surface area contributed by atoms with Crippen LogP contribution in [0.15, 0.2) is 85.1 Å². The van der Waals surface area contributed by atoms with Crippen LogP contribution < -0.4 is 14.2 Å². The Balaban J connectivity index is 1.61. The summed E-state index contributed by atoms with van der Waals surface area (Å²) in [5, 5.41) is 1.75. The van der Waals surface area contributed by atoms with E-state index in [1.54, 1.807) is 25.4 Å². The van der Waals surface area contributed by atoms with Gasteiger partial charge in [0.15, 0.2) is 5.78 Å². The number of allylic oxidation sites excluding steroid dienone is 1. The minimum Gasteiger partial charge on any atom is -0.496 e. The molecule has 0 bridgehead atoms. The summed E-state index contributed by atoms with van der Waals surface area (Å²) < 4.78 is 18.6. The van der Waals surface area contributed by atoms with Gasteiger partial charge in [0.25, 0.3) is 5.79 Å². The molecule has 5 nitrogen and oxygen atoms in total. The van der Waals surface area contributed by atoms with Crippen LogP contribution in [0.5, 0.6) is 17.2 Å². The van der Waals surface area contributed by atoms with Gasteiger partial charge in [-0.25, -0.2) is 0 Å². The molecule has 1 aliphatic carbocycles. The van der Waals surface area contributed by atoms with E-state index in [4.69, 9.17) is 14.2 Å². The third kappa shape index (κ3) is 2.50. The van der Waals surface area contributed by atoms with Crippen LogP contribution in [0.1, 0.15) is 21.6 Å². The standard InChI is InChI=1S/C26H17NO4/c1-29-21-12-13-23-24-17(21)8-6-11-22(24)30-26(31-23)15-18(20-10-4-5-14-27-20)25(28)16-7-2-3-9-19(16)26/h2-15H,1H3. The molecule has 0 radical (unpaired) electrons. The Morgan fingerprint density at radius 3 is 2.48 bits per heavy atom. The van der Waals surface area contributed by atoms with E-state index < -0.39 is 5.79 Å². The first-order valence-electron chi connectivity index (χ1n) is 9.96. The van der Waals surface area contributed by atoms with Gasteiger partial charge in [0.1, 0.15) is 17.2 Å². The molecular formula is C26H17NO4. The Hall–Kier alpha value is -4.12. The maximum Gasteiger partial charge on any atom is 0.300 e. The van der Waals surface area contributed by atoms with Crippen molar-refractivity contribution in [3.8, 4) is 17.2 Å². The van der Waals surface area contributed by atoms with E-state index in [1.165, 1.54) is 0 Å². The van der Waals surface area contributed by atoms with Gasteiger partial charge in [0.2, 0.25) is 0 Å². The average Bonchev–Trinajstić information content (AvgIpc) is 2.82. The van der Waals surface area contributed by atoms with Crippen LogP contribution in [0.3, 0.4) is 0 Å². The molecule has 31 heavy (non-hydrogen) atoms. The second-order valence-electron chi connectivity index (χ2n) is 7.46. The number of benzene rings is 3. The van der Waals surface area contributed by atoms with Crippen molar-refractivity contribution in [3.05, 3.63) is 102 Å². The van der Waals surface area contributed by atoms with Crippen molar-refractivity contribution in [1.29, 1.82) is 0 Å². The minimum absolute atomic E-state index is 0.106. The van der Waals surface area contributed by atoms with Gasteiger partial charge in [-0.15, -0.1) is 0 Å². The number of rotatable bonds is 2. The molecular weight excluding hydrogens is 390 g/mol. The highest BCUT2D eigenvalue weighted by Gasteiger charge is 2.46. The number of pyridine rings is 1. The van der Waals surface area contributed by atoms with Crippen molar-refractivity contribution in [2.45, 2.75) is 5.79 Å². The van der Waals surface area contributed by atoms with Crippen molar-refractivity contribution in [2.75, 3.05) is 7.11 Å². The first-order valence-corrected chi connectivity index (χ1v) is 9.96. The third-order valence-electron chi connectivity index (χ3n) is 5.73. The van der Waals surface area contributed by atoms with Crippen molar-refractivity contribution in [1.82, 2.24) is 4.98 Å². The second kappa shape index (κ2) is 6.44. The summed E-state index contributed by atoms with van der Waals surface area (Å²) in [5.74, 6) is 0.683. The largest absolute Gasteiger partial charge is 0.496 e. The second-order valence-corrected chi connectivity index (χ2v) is 7.46. The fraction of sp³-hybridized carbons (Fsp3) is 0.0769. The molecule has 1 aliphatic heterocycles. The Bertz CT molecular complexity index is 1380. The van der Waals surface area contributed by atoms with Crippen molar-refractivity contribution in [2.24, 2.45) is 0 Å². The molecule has 2 aliphatic rings. The van der Waals surface area contributed by atoms with Crippen LogP contribution >= 0.6 is 0 Å². The lowest BCUT2D eigenvalue weighted by Gasteiger charge is -2.40. The topological polar surface area (TPSA) is 57.7 Å². The van der Waals surface area contributed by atoms with Crippen molar-refractivity contribution in [3.63, 3.8) is 0 Å². The first-order chi connectivity index (χ1) is 15.2. The number of ether oxygens (including phenoxy) is 3. The van der Waals surface area contributed by atoms with Gasteiger partial charge in [-0.05, 0) is 30.3 Å². The van der Waals surface area contributed by atoms with E-state index in [2.05, 4.69) is 4.98 Å². The van der Waals surface area contributed by atoms with E-state index in [0.29, 0.717) is 33.9 Å². The molecule has 2 heterocycles. The lowest BCUT2D eigenvalue weighted by molar-refractivity contribution is -0.0833. The Morgan fingerprint density at radius 2 is 1.68 bits per heavy atom. The van der Waals surface area contributed by atoms with Crippen LogP contribution in [-0.4, -0.2) is 17.9 Å². The van der Waals surface area contributed by atoms with E-state index >= 15 is 0 Å². The molecule has 0 saturated carbocycles. The molecule has 4 aromatic rings. The summed E-state index contributed by atoms with van der Waals surface area (Å²) in [6.45, 7) is 0. The molecule has 1 unspecified atom stereocenters. The molecule has 0 amide bonds. The van der Waals surface area contributed by atoms with Crippen molar-refractivity contribution >= 4 is 22.1 Å². The average molecular weight is 407 g/mol. The molecule has 3 aromatic carbocycles. The number of aromatic nitrogens is 1. The monoisotopic (exact) mass is 407 g/mol. The summed E-state index contributed by atoms with van der Waals surface area (Å²) in [4.78, 5) is 17.7. The fourth-order valence-corrected chi connectivity index (χ4v) is 4.36. The Kier molecular flexibility index (Phi) is 3.68. The van der Waals surface area contributed by atoms with Gasteiger partial charge >= 0.3 is 0 Å². The zero-order valence-corrected chi connectivity index (χ0v) is 16.7. The third-order valence-corrected chi connectivity index (χ3v) is 5.73. The van der Waals surface area contributed by atoms with Gasteiger partial charge in [0, 0.05) is 23.2 Å². The fourth-order valence-electron chi connectivity index (χ4n) is 4.36. The van der Waals surface area contributed by atoms with Crippen LogP contribution in [0.2, 0.25) is 0 Å². The van der Waals surface area contributed by atoms with Gasteiger partial charge in [-0.2, -0.15) is 0 Å². The van der Waals surface area contributed by atoms with Gasteiger partial charge < -0.3 is 14.2 Å². The van der Waals surface area contributed by atoms with Crippen LogP contribution in [0, 0.1) is 0 Å². The lowest BCUT2D eigenvalue weighted by Crippen LogP contribution is -2.43. The molecule has 0 N–H and O–H groups in total. The summed E-state index contributed by atoms with van der Waals surface area (Å²) in [5.41, 5.74) is 2.23. The summed E-state index contributed by atoms with van der Waals surface area (Å²) >= 11 is 0. The summed E-state index contributed by atoms with van der Waals surface area (Å²) in [6.07, 6.45) is 3.41. The number of methoxy groups -OCH3 is 1. The number of ketones is 1. The normalized spacial score (nSPS) is 18.7. The smallest absolute Gasteiger partial charge is 0.300 e. The van der Waals surface area contributed by atoms with Crippen LogP contribution in [-0.2, 0) is 5.79 Å². The number of fused-ring (bicyclic) bond motifs is 2. The molecule has 1 atom stereocenters. The minimum atomic E-state index is -1.28. The zero-order chi connectivity index (χ0) is 21.0. The SMILES string of the molecule is COc1ccc2c3c(cccc13)OC1(C=C(c3ccccn3)C(=O)c3ccccc31)O2. The van der Waals surface area contributed by atoms with Crippen LogP contribution in [0.25, 0.3) is 16.3 Å². The summed E-state index contributed by atoms with van der Waals surface area (Å²) in [6, 6.07) is 22.4.